The van der Waals surface area contributed by atoms with E-state index in [1.165, 1.54) is 12.1 Å². The van der Waals surface area contributed by atoms with Crippen LogP contribution in [0.4, 0.5) is 24.5 Å². The van der Waals surface area contributed by atoms with Crippen molar-refractivity contribution in [1.29, 1.82) is 0 Å². The standard InChI is InChI=1S/C21H20F3N3O3/c22-21(23,24)14-1-4-16(5-2-14)27-9-7-13(8-10-27)11-19(28)25-15-3-6-17-18(12-15)30-20(29)26-17/h1-6,12-13H,7-11H2,(H,25,28)(H,26,29). The number of fused-ring (bicyclic) bond motifs is 1. The van der Waals surface area contributed by atoms with Crippen molar-refractivity contribution in [3.05, 3.63) is 58.6 Å². The third-order valence-electron chi connectivity index (χ3n) is 5.35. The number of aromatic amines is 1. The van der Waals surface area contributed by atoms with Crippen LogP contribution in [0.15, 0.2) is 51.7 Å². The number of benzene rings is 2. The van der Waals surface area contributed by atoms with Gasteiger partial charge in [-0.25, -0.2) is 4.79 Å². The number of halogens is 3. The number of carbonyl (C=O) groups is 1. The maximum Gasteiger partial charge on any atom is 0.417 e. The Hall–Kier alpha value is -3.23. The predicted molar refractivity (Wildman–Crippen MR) is 106 cm³/mol. The zero-order chi connectivity index (χ0) is 21.3. The SMILES string of the molecule is O=C(CC1CCN(c2ccc(C(F)(F)F)cc2)CC1)Nc1ccc2[nH]c(=O)oc2c1. The number of rotatable bonds is 4. The Bertz CT molecular complexity index is 1090. The molecule has 0 aliphatic carbocycles. The van der Waals surface area contributed by atoms with Crippen LogP contribution in [0.5, 0.6) is 0 Å². The molecule has 0 bridgehead atoms. The predicted octanol–water partition coefficient (Wildman–Crippen LogP) is 4.39. The molecule has 1 amide bonds. The zero-order valence-electron chi connectivity index (χ0n) is 16.0. The Morgan fingerprint density at radius 3 is 2.50 bits per heavy atom. The Balaban J connectivity index is 1.29. The molecule has 1 saturated heterocycles. The molecule has 3 aromatic rings. The van der Waals surface area contributed by atoms with Gasteiger partial charge in [0.15, 0.2) is 5.58 Å². The summed E-state index contributed by atoms with van der Waals surface area (Å²) in [6, 6.07) is 10.1. The highest BCUT2D eigenvalue weighted by molar-refractivity contribution is 5.92. The number of H-pyrrole nitrogens is 1. The molecule has 0 radical (unpaired) electrons. The maximum atomic E-state index is 12.7. The summed E-state index contributed by atoms with van der Waals surface area (Å²) in [6.45, 7) is 1.37. The van der Waals surface area contributed by atoms with Crippen molar-refractivity contribution in [1.82, 2.24) is 4.98 Å². The smallest absolute Gasteiger partial charge is 0.408 e. The van der Waals surface area contributed by atoms with Crippen molar-refractivity contribution in [2.45, 2.75) is 25.4 Å². The number of oxazole rings is 1. The van der Waals surface area contributed by atoms with E-state index < -0.39 is 17.5 Å². The van der Waals surface area contributed by atoms with E-state index in [0.717, 1.165) is 30.7 Å². The van der Waals surface area contributed by atoms with Gasteiger partial charge in [0.2, 0.25) is 5.91 Å². The highest BCUT2D eigenvalue weighted by Gasteiger charge is 2.30. The van der Waals surface area contributed by atoms with Gasteiger partial charge in [-0.05, 0) is 55.2 Å². The van der Waals surface area contributed by atoms with Crippen LogP contribution < -0.4 is 16.0 Å². The molecule has 1 aliphatic heterocycles. The molecule has 0 unspecified atom stereocenters. The molecule has 1 aliphatic rings. The minimum absolute atomic E-state index is 0.125. The first-order valence-electron chi connectivity index (χ1n) is 9.63. The van der Waals surface area contributed by atoms with Crippen LogP contribution in [-0.2, 0) is 11.0 Å². The van der Waals surface area contributed by atoms with E-state index in [1.807, 2.05) is 4.90 Å². The third kappa shape index (κ3) is 4.50. The highest BCUT2D eigenvalue weighted by Crippen LogP contribution is 2.32. The fraction of sp³-hybridized carbons (Fsp3) is 0.333. The van der Waals surface area contributed by atoms with Crippen LogP contribution in [-0.4, -0.2) is 24.0 Å². The molecule has 2 heterocycles. The van der Waals surface area contributed by atoms with Gasteiger partial charge in [-0.1, -0.05) is 0 Å². The molecular formula is C21H20F3N3O3. The van der Waals surface area contributed by atoms with Crippen LogP contribution in [0.25, 0.3) is 11.1 Å². The van der Waals surface area contributed by atoms with Crippen molar-refractivity contribution < 1.29 is 22.4 Å². The van der Waals surface area contributed by atoms with E-state index in [2.05, 4.69) is 10.3 Å². The molecular weight excluding hydrogens is 399 g/mol. The van der Waals surface area contributed by atoms with Gasteiger partial charge in [0, 0.05) is 37.0 Å². The van der Waals surface area contributed by atoms with Gasteiger partial charge in [0.1, 0.15) is 0 Å². The molecule has 2 N–H and O–H groups in total. The van der Waals surface area contributed by atoms with Crippen LogP contribution in [0.3, 0.4) is 0 Å². The van der Waals surface area contributed by atoms with Crippen LogP contribution in [0, 0.1) is 5.92 Å². The topological polar surface area (TPSA) is 78.3 Å². The molecule has 6 nitrogen and oxygen atoms in total. The second-order valence-electron chi connectivity index (χ2n) is 7.45. The summed E-state index contributed by atoms with van der Waals surface area (Å²) in [7, 11) is 0. The second kappa shape index (κ2) is 7.89. The fourth-order valence-electron chi connectivity index (χ4n) is 3.75. The molecule has 4 rings (SSSR count). The summed E-state index contributed by atoms with van der Waals surface area (Å²) < 4.78 is 43.1. The monoisotopic (exact) mass is 419 g/mol. The van der Waals surface area contributed by atoms with Crippen molar-refractivity contribution >= 4 is 28.4 Å². The van der Waals surface area contributed by atoms with E-state index in [1.54, 1.807) is 18.2 Å². The normalized spacial score (nSPS) is 15.5. The number of nitrogens with one attached hydrogen (secondary N) is 2. The number of hydrogen-bond acceptors (Lipinski definition) is 4. The van der Waals surface area contributed by atoms with Gasteiger partial charge in [-0.3, -0.25) is 9.78 Å². The minimum Gasteiger partial charge on any atom is -0.408 e. The van der Waals surface area contributed by atoms with E-state index in [9.17, 15) is 22.8 Å². The van der Waals surface area contributed by atoms with Gasteiger partial charge in [0.05, 0.1) is 11.1 Å². The average molecular weight is 419 g/mol. The number of piperidine rings is 1. The third-order valence-corrected chi connectivity index (χ3v) is 5.35. The maximum absolute atomic E-state index is 12.7. The molecule has 0 atom stereocenters. The molecule has 0 spiro atoms. The lowest BCUT2D eigenvalue weighted by Crippen LogP contribution is -2.34. The average Bonchev–Trinajstić information content (AvgIpc) is 3.07. The van der Waals surface area contributed by atoms with Crippen LogP contribution >= 0.6 is 0 Å². The fourth-order valence-corrected chi connectivity index (χ4v) is 3.75. The summed E-state index contributed by atoms with van der Waals surface area (Å²) in [4.78, 5) is 28.2. The number of hydrogen-bond donors (Lipinski definition) is 2. The van der Waals surface area contributed by atoms with Crippen molar-refractivity contribution in [2.75, 3.05) is 23.3 Å². The van der Waals surface area contributed by atoms with Crippen molar-refractivity contribution in [2.24, 2.45) is 5.92 Å². The number of amides is 1. The first-order valence-corrected chi connectivity index (χ1v) is 9.63. The van der Waals surface area contributed by atoms with E-state index >= 15 is 0 Å². The Morgan fingerprint density at radius 2 is 1.83 bits per heavy atom. The molecule has 1 aromatic heterocycles. The molecule has 158 valence electrons. The number of aromatic nitrogens is 1. The van der Waals surface area contributed by atoms with E-state index in [0.29, 0.717) is 36.3 Å². The van der Waals surface area contributed by atoms with E-state index in [4.69, 9.17) is 4.42 Å². The lowest BCUT2D eigenvalue weighted by Gasteiger charge is -2.33. The Labute approximate surface area is 169 Å². The van der Waals surface area contributed by atoms with Gasteiger partial charge in [-0.15, -0.1) is 0 Å². The summed E-state index contributed by atoms with van der Waals surface area (Å²) >= 11 is 0. The highest BCUT2D eigenvalue weighted by atomic mass is 19.4. The zero-order valence-corrected chi connectivity index (χ0v) is 16.0. The minimum atomic E-state index is -4.34. The van der Waals surface area contributed by atoms with Crippen molar-refractivity contribution in [3.63, 3.8) is 0 Å². The van der Waals surface area contributed by atoms with Crippen molar-refractivity contribution in [3.8, 4) is 0 Å². The lowest BCUT2D eigenvalue weighted by atomic mass is 9.93. The molecule has 2 aromatic carbocycles. The van der Waals surface area contributed by atoms with Gasteiger partial charge in [0.25, 0.3) is 0 Å². The molecule has 30 heavy (non-hydrogen) atoms. The quantitative estimate of drug-likeness (QED) is 0.658. The Morgan fingerprint density at radius 1 is 1.13 bits per heavy atom. The number of anilines is 2. The van der Waals surface area contributed by atoms with E-state index in [-0.39, 0.29) is 11.8 Å². The van der Waals surface area contributed by atoms with Gasteiger partial charge >= 0.3 is 11.9 Å². The first-order chi connectivity index (χ1) is 14.3. The van der Waals surface area contributed by atoms with Gasteiger partial charge in [-0.2, -0.15) is 13.2 Å². The Kier molecular flexibility index (Phi) is 5.27. The first kappa shape index (κ1) is 20.1. The second-order valence-corrected chi connectivity index (χ2v) is 7.45. The number of carbonyl (C=O) groups excluding carboxylic acids is 1. The summed E-state index contributed by atoms with van der Waals surface area (Å²) in [6.07, 6.45) is -2.42. The summed E-state index contributed by atoms with van der Waals surface area (Å²) in [5.74, 6) is -0.474. The summed E-state index contributed by atoms with van der Waals surface area (Å²) in [5, 5.41) is 2.82. The van der Waals surface area contributed by atoms with Gasteiger partial charge < -0.3 is 14.6 Å². The molecule has 9 heteroatoms. The largest absolute Gasteiger partial charge is 0.417 e. The molecule has 1 fully saturated rings. The molecule has 0 saturated carbocycles. The van der Waals surface area contributed by atoms with Crippen LogP contribution in [0.2, 0.25) is 0 Å². The lowest BCUT2D eigenvalue weighted by molar-refractivity contribution is -0.137. The summed E-state index contributed by atoms with van der Waals surface area (Å²) in [5.41, 5.74) is 1.59. The number of alkyl halides is 3. The van der Waals surface area contributed by atoms with Crippen LogP contribution in [0.1, 0.15) is 24.8 Å². The number of nitrogens with zero attached hydrogens (tertiary/aromatic N) is 1.